The first kappa shape index (κ1) is 13.9. The molecule has 0 N–H and O–H groups in total. The van der Waals surface area contributed by atoms with Gasteiger partial charge in [0.1, 0.15) is 6.07 Å². The molecule has 0 bridgehead atoms. The number of aromatic nitrogens is 2. The highest BCUT2D eigenvalue weighted by molar-refractivity contribution is 5.81. The Balaban J connectivity index is 2.97. The average Bonchev–Trinajstić information content (AvgIpc) is 2.38. The van der Waals surface area contributed by atoms with E-state index in [4.69, 9.17) is 5.26 Å². The van der Waals surface area contributed by atoms with E-state index in [-0.39, 0.29) is 18.1 Å². The van der Waals surface area contributed by atoms with Gasteiger partial charge in [0.2, 0.25) is 5.91 Å². The van der Waals surface area contributed by atoms with E-state index in [0.29, 0.717) is 12.4 Å². The topological polar surface area (TPSA) is 73.1 Å². The summed E-state index contributed by atoms with van der Waals surface area (Å²) in [6.07, 6.45) is 3.86. The van der Waals surface area contributed by atoms with Gasteiger partial charge in [-0.05, 0) is 6.42 Å². The van der Waals surface area contributed by atoms with Gasteiger partial charge in [-0.2, -0.15) is 5.26 Å². The van der Waals surface area contributed by atoms with Gasteiger partial charge in [0.25, 0.3) is 0 Å². The second-order valence-corrected chi connectivity index (χ2v) is 4.05. The molecule has 0 aliphatic rings. The molecule has 1 rings (SSSR count). The lowest BCUT2D eigenvalue weighted by Crippen LogP contribution is -2.38. The van der Waals surface area contributed by atoms with E-state index in [2.05, 4.69) is 9.97 Å². The van der Waals surface area contributed by atoms with Gasteiger partial charge in [-0.1, -0.05) is 6.92 Å². The number of amides is 1. The number of nitriles is 1. The van der Waals surface area contributed by atoms with Gasteiger partial charge in [0.15, 0.2) is 11.5 Å². The Hall–Kier alpha value is -2.16. The van der Waals surface area contributed by atoms with Crippen molar-refractivity contribution in [2.75, 3.05) is 32.1 Å². The van der Waals surface area contributed by atoms with Crippen LogP contribution in [0.15, 0.2) is 12.4 Å². The summed E-state index contributed by atoms with van der Waals surface area (Å²) < 4.78 is 0. The number of rotatable bonds is 5. The molecule has 6 heteroatoms. The minimum Gasteiger partial charge on any atom is -0.347 e. The van der Waals surface area contributed by atoms with E-state index in [0.717, 1.165) is 6.42 Å². The fourth-order valence-electron chi connectivity index (χ4n) is 1.48. The van der Waals surface area contributed by atoms with Crippen LogP contribution in [0.1, 0.15) is 19.0 Å². The van der Waals surface area contributed by atoms with Crippen molar-refractivity contribution in [3.8, 4) is 6.07 Å². The summed E-state index contributed by atoms with van der Waals surface area (Å²) in [5.41, 5.74) is 0.248. The molecule has 1 aromatic heterocycles. The monoisotopic (exact) mass is 247 g/mol. The summed E-state index contributed by atoms with van der Waals surface area (Å²) in [5.74, 6) is 0.440. The highest BCUT2D eigenvalue weighted by Gasteiger charge is 2.17. The van der Waals surface area contributed by atoms with Crippen molar-refractivity contribution < 1.29 is 4.79 Å². The summed E-state index contributed by atoms with van der Waals surface area (Å²) in [6.45, 7) is 2.87. The van der Waals surface area contributed by atoms with Crippen LogP contribution in [0.4, 0.5) is 5.82 Å². The first-order chi connectivity index (χ1) is 8.60. The molecule has 0 saturated carbocycles. The first-order valence-electron chi connectivity index (χ1n) is 5.76. The van der Waals surface area contributed by atoms with Crippen molar-refractivity contribution in [1.82, 2.24) is 14.9 Å². The highest BCUT2D eigenvalue weighted by atomic mass is 16.2. The number of anilines is 1. The average molecular weight is 247 g/mol. The molecule has 0 atom stereocenters. The van der Waals surface area contributed by atoms with Gasteiger partial charge in [0.05, 0.1) is 6.54 Å². The fraction of sp³-hybridized carbons (Fsp3) is 0.500. The van der Waals surface area contributed by atoms with Crippen LogP contribution in [0.25, 0.3) is 0 Å². The third-order valence-electron chi connectivity index (χ3n) is 2.40. The number of hydrogen-bond acceptors (Lipinski definition) is 5. The Morgan fingerprint density at radius 3 is 2.61 bits per heavy atom. The molecule has 1 aromatic rings. The summed E-state index contributed by atoms with van der Waals surface area (Å²) >= 11 is 0. The van der Waals surface area contributed by atoms with Gasteiger partial charge in [-0.15, -0.1) is 0 Å². The van der Waals surface area contributed by atoms with Crippen LogP contribution in [-0.2, 0) is 4.79 Å². The van der Waals surface area contributed by atoms with Crippen molar-refractivity contribution >= 4 is 11.7 Å². The van der Waals surface area contributed by atoms with Crippen LogP contribution in [0.5, 0.6) is 0 Å². The molecule has 18 heavy (non-hydrogen) atoms. The zero-order valence-electron chi connectivity index (χ0n) is 10.9. The Morgan fingerprint density at radius 1 is 1.39 bits per heavy atom. The molecule has 0 aromatic carbocycles. The minimum atomic E-state index is -0.0296. The van der Waals surface area contributed by atoms with E-state index >= 15 is 0 Å². The number of hydrogen-bond donors (Lipinski definition) is 0. The van der Waals surface area contributed by atoms with Crippen LogP contribution in [0.3, 0.4) is 0 Å². The molecule has 6 nitrogen and oxygen atoms in total. The first-order valence-corrected chi connectivity index (χ1v) is 5.76. The quantitative estimate of drug-likeness (QED) is 0.764. The molecular formula is C12H17N5O. The van der Waals surface area contributed by atoms with Gasteiger partial charge in [-0.25, -0.2) is 9.97 Å². The van der Waals surface area contributed by atoms with E-state index in [1.807, 2.05) is 13.0 Å². The molecule has 0 aliphatic carbocycles. The summed E-state index contributed by atoms with van der Waals surface area (Å²) in [5, 5.41) is 9.00. The van der Waals surface area contributed by atoms with Gasteiger partial charge < -0.3 is 9.80 Å². The standard InChI is InChI=1S/C12H17N5O/c1-4-7-17(9-11(18)16(2)3)12-10(8-13)14-5-6-15-12/h5-6H,4,7,9H2,1-3H3. The van der Waals surface area contributed by atoms with Crippen LogP contribution >= 0.6 is 0 Å². The van der Waals surface area contributed by atoms with Crippen LogP contribution < -0.4 is 4.90 Å². The maximum absolute atomic E-state index is 11.8. The highest BCUT2D eigenvalue weighted by Crippen LogP contribution is 2.14. The smallest absolute Gasteiger partial charge is 0.241 e. The number of carbonyl (C=O) groups excluding carboxylic acids is 1. The lowest BCUT2D eigenvalue weighted by atomic mass is 10.3. The molecule has 0 saturated heterocycles. The van der Waals surface area contributed by atoms with Crippen molar-refractivity contribution in [3.05, 3.63) is 18.1 Å². The molecule has 0 aliphatic heterocycles. The third-order valence-corrected chi connectivity index (χ3v) is 2.40. The number of carbonyl (C=O) groups is 1. The zero-order valence-corrected chi connectivity index (χ0v) is 10.9. The predicted octanol–water partition coefficient (Wildman–Crippen LogP) is 0.653. The maximum atomic E-state index is 11.8. The maximum Gasteiger partial charge on any atom is 0.241 e. The molecule has 0 radical (unpaired) electrons. The van der Waals surface area contributed by atoms with Gasteiger partial charge in [0, 0.05) is 33.0 Å². The predicted molar refractivity (Wildman–Crippen MR) is 67.9 cm³/mol. The van der Waals surface area contributed by atoms with Crippen LogP contribution in [-0.4, -0.2) is 48.0 Å². The van der Waals surface area contributed by atoms with Crippen molar-refractivity contribution in [1.29, 1.82) is 5.26 Å². The molecule has 1 amide bonds. The van der Waals surface area contributed by atoms with Crippen LogP contribution in [0.2, 0.25) is 0 Å². The van der Waals surface area contributed by atoms with Crippen molar-refractivity contribution in [2.45, 2.75) is 13.3 Å². The molecular weight excluding hydrogens is 230 g/mol. The lowest BCUT2D eigenvalue weighted by molar-refractivity contribution is -0.127. The largest absolute Gasteiger partial charge is 0.347 e. The fourth-order valence-corrected chi connectivity index (χ4v) is 1.48. The normalized spacial score (nSPS) is 9.67. The molecule has 0 spiro atoms. The second-order valence-electron chi connectivity index (χ2n) is 4.05. The summed E-state index contributed by atoms with van der Waals surface area (Å²) in [6, 6.07) is 2.00. The van der Waals surface area contributed by atoms with Crippen LogP contribution in [0, 0.1) is 11.3 Å². The molecule has 96 valence electrons. The van der Waals surface area contributed by atoms with E-state index in [1.165, 1.54) is 17.3 Å². The summed E-state index contributed by atoms with van der Waals surface area (Å²) in [4.78, 5) is 23.2. The van der Waals surface area contributed by atoms with Crippen molar-refractivity contribution in [3.63, 3.8) is 0 Å². The second kappa shape index (κ2) is 6.55. The summed E-state index contributed by atoms with van der Waals surface area (Å²) in [7, 11) is 3.41. The Bertz CT molecular complexity index is 452. The Kier molecular flexibility index (Phi) is 5.06. The van der Waals surface area contributed by atoms with E-state index in [9.17, 15) is 4.79 Å². The third kappa shape index (κ3) is 3.42. The van der Waals surface area contributed by atoms with Gasteiger partial charge in [-0.3, -0.25) is 4.79 Å². The SMILES string of the molecule is CCCN(CC(=O)N(C)C)c1nccnc1C#N. The van der Waals surface area contributed by atoms with Crippen molar-refractivity contribution in [2.24, 2.45) is 0 Å². The molecule has 0 unspecified atom stereocenters. The number of nitrogens with zero attached hydrogens (tertiary/aromatic N) is 5. The van der Waals surface area contributed by atoms with E-state index in [1.54, 1.807) is 19.0 Å². The Labute approximate surface area is 107 Å². The van der Waals surface area contributed by atoms with Gasteiger partial charge >= 0.3 is 0 Å². The number of likely N-dealkylation sites (N-methyl/N-ethyl adjacent to an activating group) is 1. The molecule has 0 fully saturated rings. The zero-order chi connectivity index (χ0) is 13.5. The Morgan fingerprint density at radius 2 is 2.06 bits per heavy atom. The van der Waals surface area contributed by atoms with E-state index < -0.39 is 0 Å². The molecule has 1 heterocycles. The lowest BCUT2D eigenvalue weighted by Gasteiger charge is -2.24. The minimum absolute atomic E-state index is 0.0296.